The van der Waals surface area contributed by atoms with Gasteiger partial charge in [-0.3, -0.25) is 4.79 Å². The summed E-state index contributed by atoms with van der Waals surface area (Å²) >= 11 is 0. The van der Waals surface area contributed by atoms with E-state index in [-0.39, 0.29) is 5.92 Å². The van der Waals surface area contributed by atoms with E-state index < -0.39 is 0 Å². The molecule has 2 unspecified atom stereocenters. The van der Waals surface area contributed by atoms with E-state index in [9.17, 15) is 4.79 Å². The third-order valence-electron chi connectivity index (χ3n) is 4.65. The van der Waals surface area contributed by atoms with Crippen LogP contribution in [0.1, 0.15) is 46.5 Å². The van der Waals surface area contributed by atoms with Gasteiger partial charge < -0.3 is 0 Å². The molecule has 1 heteroatoms. The molecule has 0 N–H and O–H groups in total. The van der Waals surface area contributed by atoms with Crippen LogP contribution in [0.4, 0.5) is 0 Å². The van der Waals surface area contributed by atoms with Gasteiger partial charge in [-0.25, -0.2) is 0 Å². The lowest BCUT2D eigenvalue weighted by molar-refractivity contribution is -0.121. The van der Waals surface area contributed by atoms with Gasteiger partial charge in [0.05, 0.1) is 0 Å². The Kier molecular flexibility index (Phi) is 2.29. The van der Waals surface area contributed by atoms with Gasteiger partial charge in [0.2, 0.25) is 0 Å². The lowest BCUT2D eigenvalue weighted by Crippen LogP contribution is -2.40. The minimum atomic E-state index is 0.224. The highest BCUT2D eigenvalue weighted by atomic mass is 16.1. The van der Waals surface area contributed by atoms with Crippen molar-refractivity contribution in [3.05, 3.63) is 11.6 Å². The molecule has 0 spiro atoms. The van der Waals surface area contributed by atoms with Crippen LogP contribution in [0.2, 0.25) is 0 Å². The Morgan fingerprint density at radius 3 is 2.79 bits per heavy atom. The molecule has 2 aliphatic carbocycles. The maximum atomic E-state index is 11.7. The topological polar surface area (TPSA) is 17.1 Å². The molecular weight excluding hydrogens is 172 g/mol. The molecule has 2 aliphatic rings. The van der Waals surface area contributed by atoms with E-state index in [1.54, 1.807) is 0 Å². The normalized spacial score (nSPS) is 43.1. The maximum absolute atomic E-state index is 11.7. The number of carbonyl (C=O) groups is 1. The number of fused-ring (bicyclic) bond motifs is 1. The number of ketones is 1. The van der Waals surface area contributed by atoms with Gasteiger partial charge in [0.15, 0.2) is 5.78 Å². The fraction of sp³-hybridized carbons (Fsp3) is 0.769. The van der Waals surface area contributed by atoms with Crippen molar-refractivity contribution < 1.29 is 4.79 Å². The van der Waals surface area contributed by atoms with Gasteiger partial charge in [0.25, 0.3) is 0 Å². The molecule has 1 saturated carbocycles. The molecule has 0 radical (unpaired) electrons. The highest BCUT2D eigenvalue weighted by Crippen LogP contribution is 2.51. The van der Waals surface area contributed by atoms with Crippen LogP contribution in [-0.2, 0) is 4.79 Å². The second kappa shape index (κ2) is 3.22. The monoisotopic (exact) mass is 192 g/mol. The van der Waals surface area contributed by atoms with Crippen LogP contribution in [0, 0.1) is 17.3 Å². The molecule has 0 saturated heterocycles. The number of rotatable bonds is 0. The highest BCUT2D eigenvalue weighted by molar-refractivity contribution is 5.93. The summed E-state index contributed by atoms with van der Waals surface area (Å²) in [6.45, 7) is 6.69. The summed E-state index contributed by atoms with van der Waals surface area (Å²) in [4.78, 5) is 11.7. The average molecular weight is 192 g/mol. The first-order valence-corrected chi connectivity index (χ1v) is 5.80. The molecular formula is C13H20O. The molecule has 1 fully saturated rings. The first kappa shape index (κ1) is 9.95. The summed E-state index contributed by atoms with van der Waals surface area (Å²) in [5.41, 5.74) is 1.75. The van der Waals surface area contributed by atoms with Gasteiger partial charge in [-0.05, 0) is 36.7 Å². The fourth-order valence-corrected chi connectivity index (χ4v) is 3.11. The summed E-state index contributed by atoms with van der Waals surface area (Å²) in [7, 11) is 0. The molecule has 0 aliphatic heterocycles. The Labute approximate surface area is 86.6 Å². The van der Waals surface area contributed by atoms with Crippen LogP contribution in [0.25, 0.3) is 0 Å². The Bertz CT molecular complexity index is 290. The third-order valence-corrected chi connectivity index (χ3v) is 4.65. The quantitative estimate of drug-likeness (QED) is 0.575. The van der Waals surface area contributed by atoms with Crippen molar-refractivity contribution in [3.63, 3.8) is 0 Å². The van der Waals surface area contributed by atoms with Gasteiger partial charge in [-0.1, -0.05) is 32.8 Å². The lowest BCUT2D eigenvalue weighted by Gasteiger charge is -2.46. The van der Waals surface area contributed by atoms with Crippen LogP contribution in [-0.4, -0.2) is 5.78 Å². The Morgan fingerprint density at radius 1 is 1.36 bits per heavy atom. The van der Waals surface area contributed by atoms with E-state index in [1.807, 2.05) is 6.08 Å². The van der Waals surface area contributed by atoms with Crippen molar-refractivity contribution in [3.8, 4) is 0 Å². The first-order chi connectivity index (χ1) is 6.55. The molecule has 0 aromatic carbocycles. The van der Waals surface area contributed by atoms with Crippen molar-refractivity contribution >= 4 is 5.78 Å². The molecule has 0 amide bonds. The van der Waals surface area contributed by atoms with E-state index >= 15 is 0 Å². The summed E-state index contributed by atoms with van der Waals surface area (Å²) in [6, 6.07) is 0. The summed E-state index contributed by atoms with van der Waals surface area (Å²) in [5.74, 6) is 1.10. The van der Waals surface area contributed by atoms with Gasteiger partial charge in [0, 0.05) is 5.92 Å². The van der Waals surface area contributed by atoms with Crippen LogP contribution in [0.15, 0.2) is 11.6 Å². The Hall–Kier alpha value is -0.590. The van der Waals surface area contributed by atoms with Gasteiger partial charge in [0.1, 0.15) is 0 Å². The van der Waals surface area contributed by atoms with Crippen LogP contribution in [0.5, 0.6) is 0 Å². The standard InChI is InChI=1S/C13H20O/c1-9-10(2)13(3)7-5-4-6-11(13)8-12(9)14/h8-10H,4-7H2,1-3H3/t9?,10?,13-/m1/s1. The predicted octanol–water partition coefficient (Wildman–Crippen LogP) is 3.35. The summed E-state index contributed by atoms with van der Waals surface area (Å²) in [6.07, 6.45) is 6.98. The zero-order chi connectivity index (χ0) is 10.3. The zero-order valence-corrected chi connectivity index (χ0v) is 9.47. The number of hydrogen-bond acceptors (Lipinski definition) is 1. The predicted molar refractivity (Wildman–Crippen MR) is 58.0 cm³/mol. The highest BCUT2D eigenvalue weighted by Gasteiger charge is 2.43. The van der Waals surface area contributed by atoms with Crippen LogP contribution >= 0.6 is 0 Å². The Morgan fingerprint density at radius 2 is 2.07 bits per heavy atom. The van der Waals surface area contributed by atoms with Crippen LogP contribution < -0.4 is 0 Å². The first-order valence-electron chi connectivity index (χ1n) is 5.80. The van der Waals surface area contributed by atoms with E-state index in [4.69, 9.17) is 0 Å². The minimum absolute atomic E-state index is 0.224. The SMILES string of the molecule is CC1C(=O)C=C2CCCC[C@]2(C)C1C. The largest absolute Gasteiger partial charge is 0.295 e. The molecule has 1 nitrogen and oxygen atoms in total. The second-order valence-electron chi connectivity index (χ2n) is 5.27. The van der Waals surface area contributed by atoms with Crippen molar-refractivity contribution in [2.45, 2.75) is 46.5 Å². The molecule has 78 valence electrons. The van der Waals surface area contributed by atoms with E-state index in [2.05, 4.69) is 20.8 Å². The third kappa shape index (κ3) is 1.25. The lowest BCUT2D eigenvalue weighted by atomic mass is 9.58. The average Bonchev–Trinajstić information content (AvgIpc) is 2.17. The van der Waals surface area contributed by atoms with Gasteiger partial charge in [-0.15, -0.1) is 0 Å². The molecule has 0 aromatic rings. The fourth-order valence-electron chi connectivity index (χ4n) is 3.11. The van der Waals surface area contributed by atoms with Crippen molar-refractivity contribution in [1.29, 1.82) is 0 Å². The van der Waals surface area contributed by atoms with Crippen molar-refractivity contribution in [2.24, 2.45) is 17.3 Å². The van der Waals surface area contributed by atoms with E-state index in [1.165, 1.54) is 24.8 Å². The molecule has 3 atom stereocenters. The van der Waals surface area contributed by atoms with Crippen molar-refractivity contribution in [2.75, 3.05) is 0 Å². The summed E-state index contributed by atoms with van der Waals surface area (Å²) < 4.78 is 0. The zero-order valence-electron chi connectivity index (χ0n) is 9.47. The summed E-state index contributed by atoms with van der Waals surface area (Å²) in [5, 5.41) is 0. The molecule has 2 rings (SSSR count). The van der Waals surface area contributed by atoms with Gasteiger partial charge in [-0.2, -0.15) is 0 Å². The number of carbonyl (C=O) groups excluding carboxylic acids is 1. The number of allylic oxidation sites excluding steroid dienone is 2. The molecule has 14 heavy (non-hydrogen) atoms. The van der Waals surface area contributed by atoms with Crippen molar-refractivity contribution in [1.82, 2.24) is 0 Å². The van der Waals surface area contributed by atoms with Gasteiger partial charge >= 0.3 is 0 Å². The Balaban J connectivity index is 2.40. The maximum Gasteiger partial charge on any atom is 0.158 e. The minimum Gasteiger partial charge on any atom is -0.295 e. The molecule has 0 bridgehead atoms. The molecule has 0 heterocycles. The van der Waals surface area contributed by atoms with E-state index in [0.29, 0.717) is 17.1 Å². The second-order valence-corrected chi connectivity index (χ2v) is 5.27. The van der Waals surface area contributed by atoms with Crippen LogP contribution in [0.3, 0.4) is 0 Å². The smallest absolute Gasteiger partial charge is 0.158 e. The van der Waals surface area contributed by atoms with E-state index in [0.717, 1.165) is 6.42 Å². The number of hydrogen-bond donors (Lipinski definition) is 0. The molecule has 0 aromatic heterocycles.